The van der Waals surface area contributed by atoms with Gasteiger partial charge < -0.3 is 14.2 Å². The van der Waals surface area contributed by atoms with Crippen LogP contribution in [0.25, 0.3) is 6.08 Å². The van der Waals surface area contributed by atoms with Crippen molar-refractivity contribution in [3.05, 3.63) is 64.1 Å². The normalized spacial score (nSPS) is 15.4. The predicted octanol–water partition coefficient (Wildman–Crippen LogP) is 4.04. The molecular formula is C19H14ClFO5. The van der Waals surface area contributed by atoms with E-state index >= 15 is 0 Å². The van der Waals surface area contributed by atoms with Gasteiger partial charge >= 0.3 is 5.97 Å². The van der Waals surface area contributed by atoms with E-state index in [1.165, 1.54) is 50.4 Å². The van der Waals surface area contributed by atoms with Crippen molar-refractivity contribution in [1.82, 2.24) is 0 Å². The third kappa shape index (κ3) is 3.41. The van der Waals surface area contributed by atoms with Gasteiger partial charge in [-0.3, -0.25) is 4.79 Å². The summed E-state index contributed by atoms with van der Waals surface area (Å²) in [7, 11) is 1.26. The van der Waals surface area contributed by atoms with E-state index in [9.17, 15) is 14.0 Å². The summed E-state index contributed by atoms with van der Waals surface area (Å²) >= 11 is 5.98. The van der Waals surface area contributed by atoms with E-state index in [2.05, 4.69) is 4.74 Å². The van der Waals surface area contributed by atoms with Crippen LogP contribution in [0.2, 0.25) is 5.02 Å². The second kappa shape index (κ2) is 7.17. The molecule has 0 saturated heterocycles. The number of benzene rings is 2. The van der Waals surface area contributed by atoms with Crippen molar-refractivity contribution in [2.75, 3.05) is 7.11 Å². The highest BCUT2D eigenvalue weighted by atomic mass is 35.5. The summed E-state index contributed by atoms with van der Waals surface area (Å²) in [5, 5.41) is 0.167. The Kier molecular flexibility index (Phi) is 4.95. The van der Waals surface area contributed by atoms with Crippen molar-refractivity contribution in [3.8, 4) is 11.5 Å². The van der Waals surface area contributed by atoms with Crippen molar-refractivity contribution >= 4 is 29.4 Å². The highest BCUT2D eigenvalue weighted by molar-refractivity contribution is 6.32. The van der Waals surface area contributed by atoms with Crippen molar-refractivity contribution in [2.24, 2.45) is 0 Å². The molecule has 0 N–H and O–H groups in total. The van der Waals surface area contributed by atoms with Gasteiger partial charge in [0.25, 0.3) is 0 Å². The van der Waals surface area contributed by atoms with Crippen LogP contribution in [0.4, 0.5) is 4.39 Å². The molecule has 0 aliphatic carbocycles. The van der Waals surface area contributed by atoms with Crippen LogP contribution in [0.3, 0.4) is 0 Å². The third-order valence-electron chi connectivity index (χ3n) is 3.76. The maximum atomic E-state index is 13.9. The molecule has 1 heterocycles. The second-order valence-corrected chi connectivity index (χ2v) is 5.92. The fourth-order valence-corrected chi connectivity index (χ4v) is 2.66. The van der Waals surface area contributed by atoms with Crippen LogP contribution in [0.1, 0.15) is 22.8 Å². The van der Waals surface area contributed by atoms with Crippen molar-refractivity contribution < 1.29 is 28.2 Å². The molecule has 0 bridgehead atoms. The fraction of sp³-hybridized carbons (Fsp3) is 0.158. The Morgan fingerprint density at radius 1 is 1.31 bits per heavy atom. The Hall–Kier alpha value is -2.86. The Balaban J connectivity index is 1.87. The van der Waals surface area contributed by atoms with Gasteiger partial charge in [-0.15, -0.1) is 0 Å². The van der Waals surface area contributed by atoms with E-state index in [0.29, 0.717) is 11.3 Å². The van der Waals surface area contributed by atoms with E-state index in [1.54, 1.807) is 6.07 Å². The van der Waals surface area contributed by atoms with E-state index in [0.717, 1.165) is 0 Å². The molecule has 0 saturated carbocycles. The fourth-order valence-electron chi connectivity index (χ4n) is 2.44. The van der Waals surface area contributed by atoms with Gasteiger partial charge in [0.15, 0.2) is 11.9 Å². The van der Waals surface area contributed by atoms with Gasteiger partial charge in [0.1, 0.15) is 17.3 Å². The number of hydrogen-bond donors (Lipinski definition) is 0. The van der Waals surface area contributed by atoms with Gasteiger partial charge in [-0.25, -0.2) is 9.18 Å². The Labute approximate surface area is 153 Å². The number of Topliss-reactive ketones (excluding diaryl/α,β-unsaturated/α-hetero) is 1. The summed E-state index contributed by atoms with van der Waals surface area (Å²) in [6, 6.07) is 8.77. The van der Waals surface area contributed by atoms with Gasteiger partial charge in [-0.05, 0) is 37.3 Å². The molecule has 26 heavy (non-hydrogen) atoms. The molecule has 2 aromatic rings. The molecule has 0 unspecified atom stereocenters. The standard InChI is InChI=1S/C19H14ClFO5/c1-10(19(23)24-2)25-11-6-7-12-16(8-11)26-17(18(12)22)9-13-14(20)4-3-5-15(13)21/h3-10H,1-2H3/t10-/m1/s1. The minimum Gasteiger partial charge on any atom is -0.479 e. The molecule has 1 aliphatic heterocycles. The van der Waals surface area contributed by atoms with E-state index in [-0.39, 0.29) is 22.1 Å². The third-order valence-corrected chi connectivity index (χ3v) is 4.09. The Morgan fingerprint density at radius 2 is 2.08 bits per heavy atom. The smallest absolute Gasteiger partial charge is 0.346 e. The lowest BCUT2D eigenvalue weighted by molar-refractivity contribution is -0.147. The number of halogens is 2. The molecule has 134 valence electrons. The van der Waals surface area contributed by atoms with Gasteiger partial charge in [0.05, 0.1) is 17.7 Å². The molecule has 7 heteroatoms. The van der Waals surface area contributed by atoms with E-state index in [4.69, 9.17) is 21.1 Å². The van der Waals surface area contributed by atoms with Crippen LogP contribution >= 0.6 is 11.6 Å². The van der Waals surface area contributed by atoms with Crippen LogP contribution in [-0.2, 0) is 9.53 Å². The molecular weight excluding hydrogens is 363 g/mol. The lowest BCUT2D eigenvalue weighted by atomic mass is 10.1. The highest BCUT2D eigenvalue weighted by Gasteiger charge is 2.29. The quantitative estimate of drug-likeness (QED) is 0.595. The Bertz CT molecular complexity index is 902. The number of hydrogen-bond acceptors (Lipinski definition) is 5. The van der Waals surface area contributed by atoms with Crippen molar-refractivity contribution in [1.29, 1.82) is 0 Å². The SMILES string of the molecule is COC(=O)[C@@H](C)Oc1ccc2c(c1)OC(=Cc1c(F)cccc1Cl)C2=O. The topological polar surface area (TPSA) is 61.8 Å². The Morgan fingerprint density at radius 3 is 2.77 bits per heavy atom. The van der Waals surface area contributed by atoms with Crippen molar-refractivity contribution in [2.45, 2.75) is 13.0 Å². The number of methoxy groups -OCH3 is 1. The molecule has 0 fully saturated rings. The second-order valence-electron chi connectivity index (χ2n) is 5.52. The number of rotatable bonds is 4. The molecule has 0 aromatic heterocycles. The maximum absolute atomic E-state index is 13.9. The first-order valence-corrected chi connectivity index (χ1v) is 8.05. The molecule has 3 rings (SSSR count). The van der Waals surface area contributed by atoms with Crippen LogP contribution in [0, 0.1) is 5.82 Å². The molecule has 1 aliphatic rings. The molecule has 5 nitrogen and oxygen atoms in total. The number of carbonyl (C=O) groups excluding carboxylic acids is 2. The number of esters is 1. The zero-order chi connectivity index (χ0) is 18.8. The predicted molar refractivity (Wildman–Crippen MR) is 92.9 cm³/mol. The van der Waals surface area contributed by atoms with E-state index in [1.807, 2.05) is 0 Å². The van der Waals surface area contributed by atoms with Crippen LogP contribution in [0.15, 0.2) is 42.2 Å². The van der Waals surface area contributed by atoms with Crippen molar-refractivity contribution in [3.63, 3.8) is 0 Å². The number of carbonyl (C=O) groups is 2. The number of fused-ring (bicyclic) bond motifs is 1. The first-order valence-electron chi connectivity index (χ1n) is 7.67. The number of ether oxygens (including phenoxy) is 3. The maximum Gasteiger partial charge on any atom is 0.346 e. The van der Waals surface area contributed by atoms with Gasteiger partial charge in [0.2, 0.25) is 5.78 Å². The van der Waals surface area contributed by atoms with Crippen LogP contribution in [0.5, 0.6) is 11.5 Å². The lowest BCUT2D eigenvalue weighted by Gasteiger charge is -2.12. The molecule has 1 atom stereocenters. The first-order chi connectivity index (χ1) is 12.4. The van der Waals surface area contributed by atoms with E-state index < -0.39 is 23.7 Å². The average molecular weight is 377 g/mol. The summed E-state index contributed by atoms with van der Waals surface area (Å²) in [6.45, 7) is 1.54. The van der Waals surface area contributed by atoms with Gasteiger partial charge in [-0.1, -0.05) is 17.7 Å². The monoisotopic (exact) mass is 376 g/mol. The van der Waals surface area contributed by atoms with Crippen LogP contribution in [-0.4, -0.2) is 25.0 Å². The average Bonchev–Trinajstić information content (AvgIpc) is 2.92. The minimum atomic E-state index is -0.817. The molecule has 0 amide bonds. The van der Waals surface area contributed by atoms with Gasteiger partial charge in [0, 0.05) is 11.6 Å². The largest absolute Gasteiger partial charge is 0.479 e. The lowest BCUT2D eigenvalue weighted by Crippen LogP contribution is -2.24. The summed E-state index contributed by atoms with van der Waals surface area (Å²) in [5.41, 5.74) is 0.378. The number of allylic oxidation sites excluding steroid dienone is 1. The molecule has 2 aromatic carbocycles. The molecule has 0 spiro atoms. The van der Waals surface area contributed by atoms with Crippen LogP contribution < -0.4 is 9.47 Å². The summed E-state index contributed by atoms with van der Waals surface area (Å²) in [4.78, 5) is 23.9. The highest BCUT2D eigenvalue weighted by Crippen LogP contribution is 2.36. The first kappa shape index (κ1) is 17.9. The zero-order valence-corrected chi connectivity index (χ0v) is 14.7. The summed E-state index contributed by atoms with van der Waals surface area (Å²) in [5.74, 6) is -0.953. The molecule has 0 radical (unpaired) electrons. The zero-order valence-electron chi connectivity index (χ0n) is 13.9. The minimum absolute atomic E-state index is 0.0508. The summed E-state index contributed by atoms with van der Waals surface area (Å²) in [6.07, 6.45) is 0.444. The number of ketones is 1. The van der Waals surface area contributed by atoms with Gasteiger partial charge in [-0.2, -0.15) is 0 Å². The summed E-state index contributed by atoms with van der Waals surface area (Å²) < 4.78 is 29.5.